The number of halogens is 3. The molecule has 160 valence electrons. The van der Waals surface area contributed by atoms with E-state index in [0.29, 0.717) is 32.5 Å². The van der Waals surface area contributed by atoms with E-state index >= 15 is 0 Å². The van der Waals surface area contributed by atoms with E-state index in [9.17, 15) is 9.18 Å². The predicted octanol–water partition coefficient (Wildman–Crippen LogP) is 4.20. The Morgan fingerprint density at radius 3 is 2.81 bits per heavy atom. The van der Waals surface area contributed by atoms with E-state index in [4.69, 9.17) is 23.2 Å². The molecule has 8 nitrogen and oxygen atoms in total. The van der Waals surface area contributed by atoms with Crippen LogP contribution in [0.1, 0.15) is 27.6 Å². The van der Waals surface area contributed by atoms with Crippen molar-refractivity contribution in [3.63, 3.8) is 0 Å². The van der Waals surface area contributed by atoms with Crippen LogP contribution in [0, 0.1) is 5.82 Å². The van der Waals surface area contributed by atoms with Crippen molar-refractivity contribution in [1.82, 2.24) is 35.5 Å². The Morgan fingerprint density at radius 2 is 1.94 bits per heavy atom. The molecule has 3 N–H and O–H groups in total. The summed E-state index contributed by atoms with van der Waals surface area (Å²) in [6.07, 6.45) is 4.96. The van der Waals surface area contributed by atoms with Gasteiger partial charge in [0.25, 0.3) is 5.91 Å². The molecule has 0 unspecified atom stereocenters. The van der Waals surface area contributed by atoms with Crippen LogP contribution >= 0.6 is 23.2 Å². The fourth-order valence-corrected chi connectivity index (χ4v) is 3.75. The van der Waals surface area contributed by atoms with Crippen molar-refractivity contribution in [3.05, 3.63) is 81.5 Å². The van der Waals surface area contributed by atoms with Gasteiger partial charge in [-0.2, -0.15) is 0 Å². The largest absolute Gasteiger partial charge is 0.345 e. The van der Waals surface area contributed by atoms with E-state index in [0.717, 1.165) is 10.9 Å². The molecule has 11 heteroatoms. The van der Waals surface area contributed by atoms with Gasteiger partial charge in [0.15, 0.2) is 0 Å². The van der Waals surface area contributed by atoms with E-state index in [1.807, 2.05) is 6.07 Å². The van der Waals surface area contributed by atoms with Crippen LogP contribution in [0.15, 0.2) is 42.9 Å². The maximum atomic E-state index is 14.3. The van der Waals surface area contributed by atoms with Crippen LogP contribution in [-0.4, -0.2) is 36.0 Å². The van der Waals surface area contributed by atoms with Gasteiger partial charge in [-0.3, -0.25) is 9.78 Å². The van der Waals surface area contributed by atoms with Gasteiger partial charge in [-0.15, -0.1) is 10.2 Å². The van der Waals surface area contributed by atoms with Crippen molar-refractivity contribution in [2.24, 2.45) is 0 Å². The Kier molecular flexibility index (Phi) is 5.20. The monoisotopic (exact) mass is 469 g/mol. The van der Waals surface area contributed by atoms with Crippen LogP contribution in [0.5, 0.6) is 0 Å². The lowest BCUT2D eigenvalue weighted by molar-refractivity contribution is 0.0941. The predicted molar refractivity (Wildman–Crippen MR) is 118 cm³/mol. The van der Waals surface area contributed by atoms with Crippen molar-refractivity contribution < 1.29 is 9.18 Å². The summed E-state index contributed by atoms with van der Waals surface area (Å²) in [5, 5.41) is 13.0. The molecule has 0 aliphatic rings. The van der Waals surface area contributed by atoms with Crippen molar-refractivity contribution >= 4 is 51.0 Å². The minimum atomic E-state index is -0.459. The van der Waals surface area contributed by atoms with Gasteiger partial charge < -0.3 is 15.3 Å². The molecule has 5 rings (SSSR count). The van der Waals surface area contributed by atoms with E-state index in [1.54, 1.807) is 24.5 Å². The lowest BCUT2D eigenvalue weighted by Gasteiger charge is -2.04. The number of rotatable bonds is 5. The first-order valence-electron chi connectivity index (χ1n) is 9.51. The zero-order valence-corrected chi connectivity index (χ0v) is 17.8. The average molecular weight is 470 g/mol. The quantitative estimate of drug-likeness (QED) is 0.357. The number of amides is 1. The number of nitrogens with zero attached hydrogens (tertiary/aromatic N) is 4. The maximum Gasteiger partial charge on any atom is 0.289 e. The van der Waals surface area contributed by atoms with Crippen LogP contribution < -0.4 is 5.32 Å². The number of fused-ring (bicyclic) bond motifs is 2. The Bertz CT molecular complexity index is 1480. The van der Waals surface area contributed by atoms with Crippen LogP contribution in [0.2, 0.25) is 10.0 Å². The van der Waals surface area contributed by atoms with Crippen molar-refractivity contribution in [3.8, 4) is 0 Å². The lowest BCUT2D eigenvalue weighted by atomic mass is 10.1. The minimum Gasteiger partial charge on any atom is -0.345 e. The molecule has 0 radical (unpaired) electrons. The number of aromatic nitrogens is 6. The summed E-state index contributed by atoms with van der Waals surface area (Å²) in [5.74, 6) is -0.407. The van der Waals surface area contributed by atoms with Crippen LogP contribution in [0.25, 0.3) is 21.9 Å². The Balaban J connectivity index is 1.28. The van der Waals surface area contributed by atoms with E-state index < -0.39 is 11.7 Å². The summed E-state index contributed by atoms with van der Waals surface area (Å²) < 4.78 is 14.3. The molecule has 0 saturated heterocycles. The van der Waals surface area contributed by atoms with E-state index in [2.05, 4.69) is 35.5 Å². The van der Waals surface area contributed by atoms with Crippen LogP contribution in [-0.2, 0) is 13.0 Å². The summed E-state index contributed by atoms with van der Waals surface area (Å²) in [4.78, 5) is 26.6. The highest BCUT2D eigenvalue weighted by atomic mass is 35.5. The molecule has 0 bridgehead atoms. The molecule has 4 aromatic heterocycles. The molecule has 0 spiro atoms. The number of pyridine rings is 2. The molecule has 32 heavy (non-hydrogen) atoms. The smallest absolute Gasteiger partial charge is 0.289 e. The highest BCUT2D eigenvalue weighted by Gasteiger charge is 2.14. The van der Waals surface area contributed by atoms with Gasteiger partial charge in [-0.25, -0.2) is 9.37 Å². The molecule has 4 heterocycles. The van der Waals surface area contributed by atoms with Gasteiger partial charge in [0, 0.05) is 42.3 Å². The molecule has 0 atom stereocenters. The van der Waals surface area contributed by atoms with Crippen LogP contribution in [0.3, 0.4) is 0 Å². The fraction of sp³-hybridized carbons (Fsp3) is 0.0952. The van der Waals surface area contributed by atoms with Crippen molar-refractivity contribution in [1.29, 1.82) is 0 Å². The Morgan fingerprint density at radius 1 is 1.06 bits per heavy atom. The maximum absolute atomic E-state index is 14.3. The first-order valence-corrected chi connectivity index (χ1v) is 10.3. The normalized spacial score (nSPS) is 11.3. The zero-order chi connectivity index (χ0) is 22.2. The number of hydrogen-bond acceptors (Lipinski definition) is 5. The molecular formula is C21H14Cl2FN7O. The summed E-state index contributed by atoms with van der Waals surface area (Å²) in [5.41, 5.74) is 2.34. The van der Waals surface area contributed by atoms with Crippen LogP contribution in [0.4, 0.5) is 4.39 Å². The lowest BCUT2D eigenvalue weighted by Crippen LogP contribution is -2.24. The second kappa shape index (κ2) is 8.18. The number of hydrogen-bond donors (Lipinski definition) is 3. The second-order valence-electron chi connectivity index (χ2n) is 7.16. The molecule has 0 saturated carbocycles. The number of carbonyl (C=O) groups is 1. The first kappa shape index (κ1) is 20.3. The Labute approximate surface area is 190 Å². The van der Waals surface area contributed by atoms with Gasteiger partial charge in [0.05, 0.1) is 10.0 Å². The SMILES string of the molecule is O=C(NCc1cnc2[nH]cc(Cl)c2c1)c1nnc(Cc2cc(F)c3ncc(Cl)cc3c2)[nH]1. The summed E-state index contributed by atoms with van der Waals surface area (Å²) in [7, 11) is 0. The number of H-pyrrole nitrogens is 2. The summed E-state index contributed by atoms with van der Waals surface area (Å²) in [6, 6.07) is 6.64. The van der Waals surface area contributed by atoms with Gasteiger partial charge in [-0.1, -0.05) is 23.2 Å². The van der Waals surface area contributed by atoms with Gasteiger partial charge in [0.2, 0.25) is 5.82 Å². The third-order valence-electron chi connectivity index (χ3n) is 4.87. The van der Waals surface area contributed by atoms with Crippen molar-refractivity contribution in [2.45, 2.75) is 13.0 Å². The van der Waals surface area contributed by atoms with Crippen molar-refractivity contribution in [2.75, 3.05) is 0 Å². The Hall–Kier alpha value is -3.56. The summed E-state index contributed by atoms with van der Waals surface area (Å²) >= 11 is 12.1. The summed E-state index contributed by atoms with van der Waals surface area (Å²) in [6.45, 7) is 0.239. The third-order valence-corrected chi connectivity index (χ3v) is 5.39. The number of carbonyl (C=O) groups excluding carboxylic acids is 1. The molecule has 0 aliphatic heterocycles. The zero-order valence-electron chi connectivity index (χ0n) is 16.3. The highest BCUT2D eigenvalue weighted by Crippen LogP contribution is 2.23. The van der Waals surface area contributed by atoms with E-state index in [1.165, 1.54) is 12.3 Å². The molecule has 1 aromatic carbocycles. The highest BCUT2D eigenvalue weighted by molar-refractivity contribution is 6.35. The molecule has 0 aliphatic carbocycles. The third kappa shape index (κ3) is 4.00. The number of nitrogens with one attached hydrogen (secondary N) is 3. The minimum absolute atomic E-state index is 0.0553. The standard InChI is InChI=1S/C21H14Cl2FN7O/c22-13-5-12-1-10(3-16(24)18(12)25-8-13)4-17-29-20(31-30-17)21(32)28-7-11-2-14-15(23)9-27-19(14)26-6-11/h1-3,5-6,8-9H,4,7H2,(H,26,27)(H,28,32)(H,29,30,31). The molecule has 1 amide bonds. The number of aromatic amines is 2. The molecule has 5 aromatic rings. The van der Waals surface area contributed by atoms with Gasteiger partial charge >= 0.3 is 0 Å². The topological polar surface area (TPSA) is 112 Å². The molecular weight excluding hydrogens is 456 g/mol. The molecule has 0 fully saturated rings. The van der Waals surface area contributed by atoms with Gasteiger partial charge in [-0.05, 0) is 35.4 Å². The number of benzene rings is 1. The first-order chi connectivity index (χ1) is 15.5. The van der Waals surface area contributed by atoms with E-state index in [-0.39, 0.29) is 24.3 Å². The van der Waals surface area contributed by atoms with Gasteiger partial charge in [0.1, 0.15) is 22.8 Å². The second-order valence-corrected chi connectivity index (χ2v) is 8.00. The fourth-order valence-electron chi connectivity index (χ4n) is 3.39. The average Bonchev–Trinajstić information content (AvgIpc) is 3.38.